The molecular weight excluding hydrogens is 246 g/mol. The predicted molar refractivity (Wildman–Crippen MR) is 75.9 cm³/mol. The van der Waals surface area contributed by atoms with Crippen molar-refractivity contribution < 1.29 is 0 Å². The Kier molecular flexibility index (Phi) is 4.68. The van der Waals surface area contributed by atoms with Crippen LogP contribution < -0.4 is 5.32 Å². The van der Waals surface area contributed by atoms with Crippen LogP contribution in [0, 0.1) is 5.92 Å². The quantitative estimate of drug-likeness (QED) is 0.858. The summed E-state index contributed by atoms with van der Waals surface area (Å²) in [6.45, 7) is 8.21. The summed E-state index contributed by atoms with van der Waals surface area (Å²) in [7, 11) is 0. The summed E-state index contributed by atoms with van der Waals surface area (Å²) in [5.74, 6) is 0.854. The fraction of sp³-hybridized carbons (Fsp3) is 0.786. The third-order valence-corrected chi connectivity index (χ3v) is 4.58. The zero-order valence-electron chi connectivity index (χ0n) is 11.7. The lowest BCUT2D eigenvalue weighted by molar-refractivity contribution is 0.239. The van der Waals surface area contributed by atoms with E-state index >= 15 is 0 Å². The second-order valence-electron chi connectivity index (χ2n) is 5.24. The van der Waals surface area contributed by atoms with E-state index in [0.29, 0.717) is 6.04 Å². The fourth-order valence-corrected chi connectivity index (χ4v) is 2.89. The molecule has 0 spiro atoms. The maximum absolute atomic E-state index is 6.40. The number of hydrogen-bond donors (Lipinski definition) is 1. The summed E-state index contributed by atoms with van der Waals surface area (Å²) in [6.07, 6.45) is 5.03. The molecule has 1 aliphatic carbocycles. The molecule has 1 fully saturated rings. The Morgan fingerprint density at radius 3 is 2.67 bits per heavy atom. The van der Waals surface area contributed by atoms with Gasteiger partial charge in [-0.1, -0.05) is 24.9 Å². The zero-order chi connectivity index (χ0) is 13.1. The van der Waals surface area contributed by atoms with Gasteiger partial charge in [0.1, 0.15) is 0 Å². The van der Waals surface area contributed by atoms with Crippen molar-refractivity contribution in [2.24, 2.45) is 5.92 Å². The summed E-state index contributed by atoms with van der Waals surface area (Å²) in [4.78, 5) is 0. The minimum atomic E-state index is 0.583. The largest absolute Gasteiger partial charge is 0.308 e. The fourth-order valence-electron chi connectivity index (χ4n) is 2.55. The van der Waals surface area contributed by atoms with Gasteiger partial charge < -0.3 is 5.32 Å². The van der Waals surface area contributed by atoms with Crippen LogP contribution in [-0.2, 0) is 19.5 Å². The minimum Gasteiger partial charge on any atom is -0.308 e. The van der Waals surface area contributed by atoms with Gasteiger partial charge >= 0.3 is 0 Å². The van der Waals surface area contributed by atoms with Crippen molar-refractivity contribution in [3.8, 4) is 0 Å². The summed E-state index contributed by atoms with van der Waals surface area (Å²) < 4.78 is 2.03. The Hall–Kier alpha value is -0.540. The van der Waals surface area contributed by atoms with Crippen molar-refractivity contribution in [3.63, 3.8) is 0 Å². The molecule has 1 aromatic heterocycles. The summed E-state index contributed by atoms with van der Waals surface area (Å²) >= 11 is 6.40. The first-order chi connectivity index (χ1) is 8.67. The lowest BCUT2D eigenvalue weighted by Crippen LogP contribution is -2.37. The minimum absolute atomic E-state index is 0.583. The molecule has 1 N–H and O–H groups in total. The van der Waals surface area contributed by atoms with E-state index in [0.717, 1.165) is 41.8 Å². The second kappa shape index (κ2) is 6.07. The Labute approximate surface area is 115 Å². The first-order valence-corrected chi connectivity index (χ1v) is 7.52. The number of hydrogen-bond acceptors (Lipinski definition) is 2. The van der Waals surface area contributed by atoms with Crippen molar-refractivity contribution in [3.05, 3.63) is 16.4 Å². The zero-order valence-corrected chi connectivity index (χ0v) is 12.4. The molecule has 0 bridgehead atoms. The molecule has 102 valence electrons. The average molecular weight is 270 g/mol. The number of nitrogens with one attached hydrogen (secondary N) is 1. The number of rotatable bonds is 6. The molecule has 0 radical (unpaired) electrons. The molecule has 4 heteroatoms. The summed E-state index contributed by atoms with van der Waals surface area (Å²) in [5, 5.41) is 9.01. The van der Waals surface area contributed by atoms with Crippen LogP contribution in [0.25, 0.3) is 0 Å². The molecular formula is C14H24ClN3. The molecule has 0 saturated heterocycles. The summed E-state index contributed by atoms with van der Waals surface area (Å²) in [6, 6.07) is 0.583. The highest BCUT2D eigenvalue weighted by atomic mass is 35.5. The standard InChI is InChI=1S/C14H24ClN3/c1-4-12-14(15)13(18(5-2)17-12)9-16-10(3)11-7-6-8-11/h10-11,16H,4-9H2,1-3H3. The number of aromatic nitrogens is 2. The van der Waals surface area contributed by atoms with Gasteiger partial charge in [0.2, 0.25) is 0 Å². The highest BCUT2D eigenvalue weighted by Crippen LogP contribution is 2.30. The van der Waals surface area contributed by atoms with Gasteiger partial charge in [0, 0.05) is 19.1 Å². The van der Waals surface area contributed by atoms with Crippen LogP contribution in [0.2, 0.25) is 5.02 Å². The van der Waals surface area contributed by atoms with Crippen molar-refractivity contribution in [1.29, 1.82) is 0 Å². The Morgan fingerprint density at radius 1 is 1.44 bits per heavy atom. The van der Waals surface area contributed by atoms with E-state index < -0.39 is 0 Å². The third kappa shape index (κ3) is 2.72. The average Bonchev–Trinajstić information content (AvgIpc) is 2.60. The van der Waals surface area contributed by atoms with Gasteiger partial charge in [-0.2, -0.15) is 5.10 Å². The van der Waals surface area contributed by atoms with Gasteiger partial charge in [-0.15, -0.1) is 0 Å². The van der Waals surface area contributed by atoms with Gasteiger partial charge in [-0.05, 0) is 39.0 Å². The van der Waals surface area contributed by atoms with Crippen molar-refractivity contribution in [2.45, 2.75) is 65.6 Å². The van der Waals surface area contributed by atoms with E-state index in [-0.39, 0.29) is 0 Å². The first-order valence-electron chi connectivity index (χ1n) is 7.14. The molecule has 0 aromatic carbocycles. The van der Waals surface area contributed by atoms with E-state index in [9.17, 15) is 0 Å². The van der Waals surface area contributed by atoms with Gasteiger partial charge in [-0.25, -0.2) is 0 Å². The van der Waals surface area contributed by atoms with Gasteiger partial charge in [-0.3, -0.25) is 4.68 Å². The predicted octanol–water partition coefficient (Wildman–Crippen LogP) is 3.40. The van der Waals surface area contributed by atoms with Gasteiger partial charge in [0.15, 0.2) is 0 Å². The molecule has 0 amide bonds. The molecule has 1 unspecified atom stereocenters. The Bertz CT molecular complexity index is 396. The van der Waals surface area contributed by atoms with E-state index in [4.69, 9.17) is 11.6 Å². The number of nitrogens with zero attached hydrogens (tertiary/aromatic N) is 2. The maximum atomic E-state index is 6.40. The monoisotopic (exact) mass is 269 g/mol. The van der Waals surface area contributed by atoms with Crippen LogP contribution in [0.1, 0.15) is 51.4 Å². The summed E-state index contributed by atoms with van der Waals surface area (Å²) in [5.41, 5.74) is 2.16. The Morgan fingerprint density at radius 2 is 2.17 bits per heavy atom. The smallest absolute Gasteiger partial charge is 0.0863 e. The van der Waals surface area contributed by atoms with Crippen LogP contribution >= 0.6 is 11.6 Å². The van der Waals surface area contributed by atoms with Crippen LogP contribution in [0.4, 0.5) is 0 Å². The van der Waals surface area contributed by atoms with E-state index in [1.54, 1.807) is 0 Å². The number of aryl methyl sites for hydroxylation is 2. The highest BCUT2D eigenvalue weighted by Gasteiger charge is 2.24. The highest BCUT2D eigenvalue weighted by molar-refractivity contribution is 6.31. The van der Waals surface area contributed by atoms with Gasteiger partial charge in [0.05, 0.1) is 16.4 Å². The van der Waals surface area contributed by atoms with Crippen molar-refractivity contribution in [2.75, 3.05) is 0 Å². The molecule has 1 aliphatic rings. The topological polar surface area (TPSA) is 29.9 Å². The molecule has 1 aromatic rings. The SMILES string of the molecule is CCc1nn(CC)c(CNC(C)C2CCC2)c1Cl. The molecule has 18 heavy (non-hydrogen) atoms. The molecule has 2 rings (SSSR count). The molecule has 3 nitrogen and oxygen atoms in total. The maximum Gasteiger partial charge on any atom is 0.0863 e. The molecule has 1 saturated carbocycles. The molecule has 0 aliphatic heterocycles. The van der Waals surface area contributed by atoms with Crippen LogP contribution in [0.3, 0.4) is 0 Å². The lowest BCUT2D eigenvalue weighted by Gasteiger charge is -2.32. The van der Waals surface area contributed by atoms with Crippen LogP contribution in [-0.4, -0.2) is 15.8 Å². The van der Waals surface area contributed by atoms with E-state index in [1.807, 2.05) is 4.68 Å². The normalized spacial score (nSPS) is 17.8. The van der Waals surface area contributed by atoms with E-state index in [2.05, 4.69) is 31.2 Å². The molecule has 1 heterocycles. The van der Waals surface area contributed by atoms with Crippen molar-refractivity contribution >= 4 is 11.6 Å². The van der Waals surface area contributed by atoms with Crippen LogP contribution in [0.15, 0.2) is 0 Å². The molecule has 1 atom stereocenters. The lowest BCUT2D eigenvalue weighted by atomic mass is 9.80. The van der Waals surface area contributed by atoms with Crippen molar-refractivity contribution in [1.82, 2.24) is 15.1 Å². The van der Waals surface area contributed by atoms with Crippen LogP contribution in [0.5, 0.6) is 0 Å². The van der Waals surface area contributed by atoms with Gasteiger partial charge in [0.25, 0.3) is 0 Å². The first kappa shape index (κ1) is 13.9. The number of halogens is 1. The van der Waals surface area contributed by atoms with E-state index in [1.165, 1.54) is 19.3 Å². The third-order valence-electron chi connectivity index (χ3n) is 4.14. The second-order valence-corrected chi connectivity index (χ2v) is 5.62. The Balaban J connectivity index is 2.00.